The molecular formula is C24H24FN7O3. The zero-order chi connectivity index (χ0) is 24.4. The Kier molecular flexibility index (Phi) is 6.25. The lowest BCUT2D eigenvalue weighted by Crippen LogP contribution is -2.47. The summed E-state index contributed by atoms with van der Waals surface area (Å²) in [6, 6.07) is 11.4. The summed E-state index contributed by atoms with van der Waals surface area (Å²) < 4.78 is 16.3. The van der Waals surface area contributed by atoms with E-state index in [9.17, 15) is 14.3 Å². The molecule has 0 spiro atoms. The maximum atomic E-state index is 14.8. The van der Waals surface area contributed by atoms with Gasteiger partial charge in [-0.2, -0.15) is 5.10 Å². The predicted molar refractivity (Wildman–Crippen MR) is 128 cm³/mol. The normalized spacial score (nSPS) is 17.9. The van der Waals surface area contributed by atoms with Crippen LogP contribution in [0.3, 0.4) is 0 Å². The second-order valence-corrected chi connectivity index (χ2v) is 8.35. The number of aliphatic carboxylic acids is 1. The van der Waals surface area contributed by atoms with Crippen molar-refractivity contribution in [1.29, 1.82) is 0 Å². The number of pyridine rings is 2. The minimum atomic E-state index is -0.847. The number of aliphatic hydroxyl groups excluding tert-OH is 1. The molecule has 5 N–H and O–H groups in total. The molecule has 2 atom stereocenters. The lowest BCUT2D eigenvalue weighted by atomic mass is 9.93. The molecule has 11 heteroatoms. The Morgan fingerprint density at radius 2 is 2.09 bits per heavy atom. The first-order valence-corrected chi connectivity index (χ1v) is 11.2. The van der Waals surface area contributed by atoms with E-state index in [-0.39, 0.29) is 18.3 Å². The highest BCUT2D eigenvalue weighted by Crippen LogP contribution is 2.25. The highest BCUT2D eigenvalue weighted by molar-refractivity contribution is 5.82. The number of carboxylic acid groups (broad SMARTS) is 1. The molecule has 0 bridgehead atoms. The highest BCUT2D eigenvalue weighted by atomic mass is 19.1. The maximum Gasteiger partial charge on any atom is 0.309 e. The van der Waals surface area contributed by atoms with E-state index >= 15 is 0 Å². The Labute approximate surface area is 199 Å². The Bertz CT molecular complexity index is 1380. The van der Waals surface area contributed by atoms with Crippen molar-refractivity contribution in [2.24, 2.45) is 5.92 Å². The molecule has 1 aliphatic rings. The number of benzene rings is 1. The Hall–Kier alpha value is -4.09. The van der Waals surface area contributed by atoms with E-state index in [0.717, 1.165) is 11.9 Å². The molecular weight excluding hydrogens is 453 g/mol. The summed E-state index contributed by atoms with van der Waals surface area (Å²) >= 11 is 0. The van der Waals surface area contributed by atoms with Crippen LogP contribution in [0.2, 0.25) is 0 Å². The lowest BCUT2D eigenvalue weighted by Gasteiger charge is -2.30. The van der Waals surface area contributed by atoms with Crippen molar-refractivity contribution in [1.82, 2.24) is 25.1 Å². The number of aliphatic hydroxyl groups is 1. The number of anilines is 3. The largest absolute Gasteiger partial charge is 0.481 e. The summed E-state index contributed by atoms with van der Waals surface area (Å²) in [5.74, 6) is -0.885. The number of fused-ring (bicyclic) bond motifs is 1. The van der Waals surface area contributed by atoms with Crippen molar-refractivity contribution >= 4 is 34.2 Å². The summed E-state index contributed by atoms with van der Waals surface area (Å²) in [5, 5.41) is 33.0. The number of carboxylic acids is 1. The molecule has 10 nitrogen and oxygen atoms in total. The molecule has 1 fully saturated rings. The average Bonchev–Trinajstić information content (AvgIpc) is 3.35. The molecule has 0 aliphatic carbocycles. The van der Waals surface area contributed by atoms with Gasteiger partial charge in [-0.1, -0.05) is 0 Å². The quantitative estimate of drug-likeness (QED) is 0.272. The monoisotopic (exact) mass is 477 g/mol. The van der Waals surface area contributed by atoms with Crippen molar-refractivity contribution in [2.45, 2.75) is 19.1 Å². The molecule has 35 heavy (non-hydrogen) atoms. The number of nitrogens with one attached hydrogen (secondary N) is 3. The lowest BCUT2D eigenvalue weighted by molar-refractivity contribution is -0.142. The van der Waals surface area contributed by atoms with E-state index in [4.69, 9.17) is 5.11 Å². The fraction of sp³-hybridized carbons (Fsp3) is 0.250. The minimum absolute atomic E-state index is 0.188. The second kappa shape index (κ2) is 9.65. The molecule has 1 saturated heterocycles. The summed E-state index contributed by atoms with van der Waals surface area (Å²) in [6.45, 7) is 0.957. The van der Waals surface area contributed by atoms with E-state index < -0.39 is 17.7 Å². The molecule has 0 amide bonds. The van der Waals surface area contributed by atoms with Crippen LogP contribution in [-0.4, -0.2) is 55.1 Å². The first kappa shape index (κ1) is 22.7. The van der Waals surface area contributed by atoms with Crippen molar-refractivity contribution in [3.63, 3.8) is 0 Å². The molecule has 180 valence electrons. The van der Waals surface area contributed by atoms with E-state index in [2.05, 4.69) is 31.0 Å². The molecule has 1 aromatic carbocycles. The molecule has 0 unspecified atom stereocenters. The van der Waals surface area contributed by atoms with Gasteiger partial charge in [0.1, 0.15) is 17.5 Å². The van der Waals surface area contributed by atoms with Gasteiger partial charge in [0.2, 0.25) is 0 Å². The molecule has 4 aromatic rings. The number of rotatable bonds is 7. The van der Waals surface area contributed by atoms with Crippen LogP contribution in [0.1, 0.15) is 12.1 Å². The van der Waals surface area contributed by atoms with Gasteiger partial charge in [0.05, 0.1) is 35.1 Å². The highest BCUT2D eigenvalue weighted by Gasteiger charge is 2.30. The van der Waals surface area contributed by atoms with E-state index in [1.54, 1.807) is 42.7 Å². The van der Waals surface area contributed by atoms with Gasteiger partial charge >= 0.3 is 5.97 Å². The fourth-order valence-corrected chi connectivity index (χ4v) is 4.12. The van der Waals surface area contributed by atoms with E-state index in [1.165, 1.54) is 10.7 Å². The summed E-state index contributed by atoms with van der Waals surface area (Å²) in [7, 11) is 0. The van der Waals surface area contributed by atoms with Crippen LogP contribution in [0.4, 0.5) is 21.7 Å². The van der Waals surface area contributed by atoms with Gasteiger partial charge in [0.25, 0.3) is 0 Å². The van der Waals surface area contributed by atoms with Gasteiger partial charge in [-0.25, -0.2) is 19.0 Å². The molecule has 4 heterocycles. The Morgan fingerprint density at radius 1 is 1.20 bits per heavy atom. The number of carbonyl (C=O) groups is 1. The van der Waals surface area contributed by atoms with Crippen LogP contribution in [-0.2, 0) is 11.4 Å². The van der Waals surface area contributed by atoms with Crippen LogP contribution in [0.25, 0.3) is 16.6 Å². The topological polar surface area (TPSA) is 137 Å². The van der Waals surface area contributed by atoms with Crippen molar-refractivity contribution < 1.29 is 19.4 Å². The number of hydrogen-bond donors (Lipinski definition) is 5. The second-order valence-electron chi connectivity index (χ2n) is 8.35. The average molecular weight is 478 g/mol. The first-order valence-electron chi connectivity index (χ1n) is 11.2. The molecule has 1 aliphatic heterocycles. The molecule has 0 radical (unpaired) electrons. The van der Waals surface area contributed by atoms with E-state index in [0.29, 0.717) is 41.5 Å². The zero-order valence-corrected chi connectivity index (χ0v) is 18.6. The van der Waals surface area contributed by atoms with Crippen molar-refractivity contribution in [2.75, 3.05) is 23.7 Å². The van der Waals surface area contributed by atoms with Crippen LogP contribution in [0.15, 0.2) is 54.9 Å². The third-order valence-corrected chi connectivity index (χ3v) is 5.99. The van der Waals surface area contributed by atoms with Crippen LogP contribution in [0.5, 0.6) is 0 Å². The van der Waals surface area contributed by atoms with E-state index in [1.807, 2.05) is 6.07 Å². The maximum absolute atomic E-state index is 14.8. The summed E-state index contributed by atoms with van der Waals surface area (Å²) in [6.07, 6.45) is 3.97. The third-order valence-electron chi connectivity index (χ3n) is 5.99. The summed E-state index contributed by atoms with van der Waals surface area (Å²) in [5.41, 5.74) is 1.89. The number of aromatic nitrogens is 4. The van der Waals surface area contributed by atoms with Crippen LogP contribution < -0.4 is 16.0 Å². The Balaban J connectivity index is 1.35. The number of hydrogen-bond acceptors (Lipinski definition) is 8. The van der Waals surface area contributed by atoms with Gasteiger partial charge in [-0.3, -0.25) is 4.79 Å². The summed E-state index contributed by atoms with van der Waals surface area (Å²) in [4.78, 5) is 20.5. The zero-order valence-electron chi connectivity index (χ0n) is 18.6. The van der Waals surface area contributed by atoms with Crippen LogP contribution >= 0.6 is 0 Å². The van der Waals surface area contributed by atoms with Gasteiger partial charge in [0, 0.05) is 42.5 Å². The van der Waals surface area contributed by atoms with Crippen LogP contribution in [0, 0.1) is 11.7 Å². The molecule has 5 rings (SSSR count). The molecule has 0 saturated carbocycles. The SMILES string of the molecule is O=C(O)[C@H]1CNCC[C@@H]1Nc1ccc2cnc(Nc3ccc(-n4ccc(CO)n4)cc3F)cc2n1. The first-order chi connectivity index (χ1) is 17.0. The van der Waals surface area contributed by atoms with Crippen molar-refractivity contribution in [3.05, 3.63) is 66.4 Å². The number of nitrogens with zero attached hydrogens (tertiary/aromatic N) is 4. The standard InChI is InChI=1S/C24H24FN7O3/c25-18-9-16(32-8-6-15(13-33)31-32)2-3-20(18)29-23-10-21-14(11-27-23)1-4-22(30-21)28-19-5-7-26-12-17(19)24(34)35/h1-4,6,8-11,17,19,26,33H,5,7,12-13H2,(H,27,29)(H,28,30)(H,34,35)/t17-,19-/m0/s1. The number of piperidine rings is 1. The molecule has 3 aromatic heterocycles. The smallest absolute Gasteiger partial charge is 0.309 e. The predicted octanol–water partition coefficient (Wildman–Crippen LogP) is 2.67. The minimum Gasteiger partial charge on any atom is -0.481 e. The van der Waals surface area contributed by atoms with Gasteiger partial charge in [-0.05, 0) is 43.3 Å². The number of halogens is 1. The fourth-order valence-electron chi connectivity index (χ4n) is 4.12. The van der Waals surface area contributed by atoms with Crippen molar-refractivity contribution in [3.8, 4) is 5.69 Å². The van der Waals surface area contributed by atoms with Gasteiger partial charge < -0.3 is 26.2 Å². The van der Waals surface area contributed by atoms with Gasteiger partial charge in [0.15, 0.2) is 0 Å². The Morgan fingerprint density at radius 3 is 2.86 bits per heavy atom. The third kappa shape index (κ3) is 4.91. The van der Waals surface area contributed by atoms with Gasteiger partial charge in [-0.15, -0.1) is 0 Å².